The molecule has 1 aromatic rings. The van der Waals surface area contributed by atoms with Gasteiger partial charge in [-0.15, -0.1) is 0 Å². The summed E-state index contributed by atoms with van der Waals surface area (Å²) in [6, 6.07) is 5.31. The second-order valence-corrected chi connectivity index (χ2v) is 7.97. The van der Waals surface area contributed by atoms with Crippen molar-refractivity contribution in [3.8, 4) is 0 Å². The number of piperazine rings is 1. The van der Waals surface area contributed by atoms with Crippen LogP contribution in [0.2, 0.25) is 10.0 Å². The smallest absolute Gasteiger partial charge is 0.227 e. The van der Waals surface area contributed by atoms with Gasteiger partial charge in [-0.3, -0.25) is 14.5 Å². The van der Waals surface area contributed by atoms with Gasteiger partial charge < -0.3 is 9.80 Å². The lowest BCUT2D eigenvalue weighted by molar-refractivity contribution is -0.142. The molecule has 0 bridgehead atoms. The second kappa shape index (κ2) is 9.09. The van der Waals surface area contributed by atoms with Gasteiger partial charge in [-0.25, -0.2) is 0 Å². The van der Waals surface area contributed by atoms with Gasteiger partial charge in [-0.1, -0.05) is 41.4 Å². The summed E-state index contributed by atoms with van der Waals surface area (Å²) in [5.74, 6) is 0.129. The first-order chi connectivity index (χ1) is 12.9. The molecule has 2 aliphatic rings. The Kier molecular flexibility index (Phi) is 6.79. The Labute approximate surface area is 170 Å². The zero-order chi connectivity index (χ0) is 19.4. The van der Waals surface area contributed by atoms with Gasteiger partial charge in [-0.2, -0.15) is 0 Å². The van der Waals surface area contributed by atoms with Crippen molar-refractivity contribution in [3.05, 3.63) is 46.0 Å². The normalized spacial score (nSPS) is 20.8. The van der Waals surface area contributed by atoms with Crippen molar-refractivity contribution in [1.82, 2.24) is 14.7 Å². The summed E-state index contributed by atoms with van der Waals surface area (Å²) in [6.45, 7) is 5.98. The van der Waals surface area contributed by atoms with Gasteiger partial charge in [0, 0.05) is 46.2 Å². The van der Waals surface area contributed by atoms with Gasteiger partial charge in [0.15, 0.2) is 0 Å². The van der Waals surface area contributed by atoms with Gasteiger partial charge in [-0.05, 0) is 24.1 Å². The molecule has 1 atom stereocenters. The van der Waals surface area contributed by atoms with Crippen molar-refractivity contribution in [1.29, 1.82) is 0 Å². The third-order valence-corrected chi connectivity index (χ3v) is 5.94. The standard InChI is InChI=1S/C20H25Cl2N3O2/c1-15(26)24-9-10-25(17(14-24)13-23-7-3-2-4-8-23)20(27)12-16-5-6-18(21)19(22)11-16/h2-3,5-6,11,17H,4,7-10,12-14H2,1H3. The number of carbonyl (C=O) groups is 2. The average Bonchev–Trinajstić information content (AvgIpc) is 2.65. The Morgan fingerprint density at radius 1 is 1.11 bits per heavy atom. The molecule has 1 saturated heterocycles. The average molecular weight is 410 g/mol. The molecule has 0 radical (unpaired) electrons. The Morgan fingerprint density at radius 2 is 1.93 bits per heavy atom. The van der Waals surface area contributed by atoms with Crippen molar-refractivity contribution < 1.29 is 9.59 Å². The minimum atomic E-state index is 0.00409. The van der Waals surface area contributed by atoms with E-state index in [0.29, 0.717) is 29.7 Å². The number of carbonyl (C=O) groups excluding carboxylic acids is 2. The summed E-state index contributed by atoms with van der Waals surface area (Å²) in [5.41, 5.74) is 0.850. The molecular weight excluding hydrogens is 385 g/mol. The van der Waals surface area contributed by atoms with Crippen LogP contribution in [0.5, 0.6) is 0 Å². The van der Waals surface area contributed by atoms with Gasteiger partial charge in [0.05, 0.1) is 22.5 Å². The number of rotatable bonds is 4. The first-order valence-corrected chi connectivity index (χ1v) is 10.1. The number of hydrogen-bond acceptors (Lipinski definition) is 3. The number of halogens is 2. The summed E-state index contributed by atoms with van der Waals surface area (Å²) in [6.07, 6.45) is 5.66. The molecule has 3 rings (SSSR count). The van der Waals surface area contributed by atoms with E-state index in [-0.39, 0.29) is 24.3 Å². The van der Waals surface area contributed by atoms with Crippen LogP contribution in [0.15, 0.2) is 30.4 Å². The van der Waals surface area contributed by atoms with E-state index in [4.69, 9.17) is 23.2 Å². The van der Waals surface area contributed by atoms with Crippen molar-refractivity contribution in [3.63, 3.8) is 0 Å². The largest absolute Gasteiger partial charge is 0.339 e. The summed E-state index contributed by atoms with van der Waals surface area (Å²) in [5, 5.41) is 0.944. The molecule has 0 aromatic heterocycles. The van der Waals surface area contributed by atoms with Crippen molar-refractivity contribution in [2.75, 3.05) is 39.3 Å². The minimum absolute atomic E-state index is 0.00409. The molecule has 1 aromatic carbocycles. The highest BCUT2D eigenvalue weighted by Crippen LogP contribution is 2.23. The molecule has 2 heterocycles. The van der Waals surface area contributed by atoms with Crippen LogP contribution in [0.4, 0.5) is 0 Å². The number of nitrogens with zero attached hydrogens (tertiary/aromatic N) is 3. The Hall–Kier alpha value is -1.56. The van der Waals surface area contributed by atoms with E-state index in [2.05, 4.69) is 17.1 Å². The topological polar surface area (TPSA) is 43.9 Å². The molecule has 1 fully saturated rings. The molecule has 27 heavy (non-hydrogen) atoms. The quantitative estimate of drug-likeness (QED) is 0.718. The number of amides is 2. The van der Waals surface area contributed by atoms with Gasteiger partial charge in [0.25, 0.3) is 0 Å². The van der Waals surface area contributed by atoms with Gasteiger partial charge in [0.2, 0.25) is 11.8 Å². The number of hydrogen-bond donors (Lipinski definition) is 0. The zero-order valence-electron chi connectivity index (χ0n) is 15.5. The van der Waals surface area contributed by atoms with Crippen LogP contribution in [0.1, 0.15) is 18.9 Å². The Morgan fingerprint density at radius 3 is 2.59 bits per heavy atom. The van der Waals surface area contributed by atoms with E-state index in [1.165, 1.54) is 0 Å². The van der Waals surface area contributed by atoms with E-state index < -0.39 is 0 Å². The van der Waals surface area contributed by atoms with Crippen LogP contribution in [0.25, 0.3) is 0 Å². The molecular formula is C20H25Cl2N3O2. The molecule has 7 heteroatoms. The molecule has 5 nitrogen and oxygen atoms in total. The summed E-state index contributed by atoms with van der Waals surface area (Å²) >= 11 is 12.0. The Bertz CT molecular complexity index is 738. The lowest BCUT2D eigenvalue weighted by atomic mass is 10.1. The maximum Gasteiger partial charge on any atom is 0.227 e. The highest BCUT2D eigenvalue weighted by molar-refractivity contribution is 6.42. The predicted molar refractivity (Wildman–Crippen MR) is 108 cm³/mol. The summed E-state index contributed by atoms with van der Waals surface area (Å²) in [7, 11) is 0. The molecule has 2 amide bonds. The first kappa shape index (κ1) is 20.2. The van der Waals surface area contributed by atoms with E-state index in [9.17, 15) is 9.59 Å². The molecule has 0 spiro atoms. The predicted octanol–water partition coefficient (Wildman–Crippen LogP) is 2.86. The monoisotopic (exact) mass is 409 g/mol. The molecule has 0 N–H and O–H groups in total. The molecule has 146 valence electrons. The fourth-order valence-electron chi connectivity index (χ4n) is 3.71. The number of benzene rings is 1. The van der Waals surface area contributed by atoms with Crippen molar-refractivity contribution in [2.24, 2.45) is 0 Å². The van der Waals surface area contributed by atoms with Crippen LogP contribution in [0, 0.1) is 0 Å². The summed E-state index contributed by atoms with van der Waals surface area (Å²) in [4.78, 5) is 31.0. The van der Waals surface area contributed by atoms with Crippen LogP contribution in [0.3, 0.4) is 0 Å². The third kappa shape index (κ3) is 5.24. The van der Waals surface area contributed by atoms with Crippen LogP contribution in [-0.2, 0) is 16.0 Å². The first-order valence-electron chi connectivity index (χ1n) is 9.30. The van der Waals surface area contributed by atoms with Crippen LogP contribution >= 0.6 is 23.2 Å². The lowest BCUT2D eigenvalue weighted by Crippen LogP contribution is -2.60. The fourth-order valence-corrected chi connectivity index (χ4v) is 4.03. The third-order valence-electron chi connectivity index (χ3n) is 5.20. The maximum atomic E-state index is 13.0. The van der Waals surface area contributed by atoms with Crippen LogP contribution in [-0.4, -0.2) is 71.8 Å². The molecule has 2 aliphatic heterocycles. The highest BCUT2D eigenvalue weighted by atomic mass is 35.5. The van der Waals surface area contributed by atoms with E-state index in [1.54, 1.807) is 19.1 Å². The van der Waals surface area contributed by atoms with E-state index in [1.807, 2.05) is 15.9 Å². The highest BCUT2D eigenvalue weighted by Gasteiger charge is 2.32. The SMILES string of the molecule is CC(=O)N1CCN(C(=O)Cc2ccc(Cl)c(Cl)c2)C(CN2CC=CCC2)C1. The van der Waals surface area contributed by atoms with Crippen molar-refractivity contribution in [2.45, 2.75) is 25.8 Å². The maximum absolute atomic E-state index is 13.0. The van der Waals surface area contributed by atoms with Gasteiger partial charge in [0.1, 0.15) is 0 Å². The van der Waals surface area contributed by atoms with Gasteiger partial charge >= 0.3 is 0 Å². The molecule has 0 saturated carbocycles. The van der Waals surface area contributed by atoms with E-state index in [0.717, 1.165) is 31.6 Å². The zero-order valence-corrected chi connectivity index (χ0v) is 17.0. The lowest BCUT2D eigenvalue weighted by Gasteiger charge is -2.43. The minimum Gasteiger partial charge on any atom is -0.339 e. The fraction of sp³-hybridized carbons (Fsp3) is 0.500. The van der Waals surface area contributed by atoms with Crippen molar-refractivity contribution >= 4 is 35.0 Å². The summed E-state index contributed by atoms with van der Waals surface area (Å²) < 4.78 is 0. The van der Waals surface area contributed by atoms with Crippen LogP contribution < -0.4 is 0 Å². The molecule has 1 unspecified atom stereocenters. The van der Waals surface area contributed by atoms with E-state index >= 15 is 0 Å². The Balaban J connectivity index is 1.71. The second-order valence-electron chi connectivity index (χ2n) is 7.15. The molecule has 0 aliphatic carbocycles.